The standard InChI is InChI=1S/C24H30N6O4/c1-5-30-23(32)17-7-6-16(21(34-4)20(17)27-24(30)33)14-28-10-12-29(13-11-28)19-9-8-18(22(31)25-3)26-15(19)2/h6-9H,5,10-14H2,1-4H3,(H,25,31)(H,27,33). The van der Waals surface area contributed by atoms with Gasteiger partial charge >= 0.3 is 5.69 Å². The zero-order valence-electron chi connectivity index (χ0n) is 20.0. The van der Waals surface area contributed by atoms with E-state index in [2.05, 4.69) is 25.1 Å². The van der Waals surface area contributed by atoms with Gasteiger partial charge in [0.2, 0.25) is 0 Å². The number of piperazine rings is 1. The molecule has 3 aromatic rings. The van der Waals surface area contributed by atoms with Gasteiger partial charge in [-0.1, -0.05) is 6.07 Å². The fourth-order valence-electron chi connectivity index (χ4n) is 4.52. The number of H-pyrrole nitrogens is 1. The zero-order chi connectivity index (χ0) is 24.4. The highest BCUT2D eigenvalue weighted by Crippen LogP contribution is 2.28. The van der Waals surface area contributed by atoms with Gasteiger partial charge in [0.1, 0.15) is 11.4 Å². The highest BCUT2D eigenvalue weighted by molar-refractivity contribution is 5.92. The largest absolute Gasteiger partial charge is 0.494 e. The molecule has 2 aromatic heterocycles. The number of fused-ring (bicyclic) bond motifs is 1. The lowest BCUT2D eigenvalue weighted by Gasteiger charge is -2.36. The first-order valence-electron chi connectivity index (χ1n) is 11.4. The maximum Gasteiger partial charge on any atom is 0.328 e. The third-order valence-corrected chi connectivity index (χ3v) is 6.34. The number of aromatic nitrogens is 3. The monoisotopic (exact) mass is 466 g/mol. The molecule has 1 fully saturated rings. The van der Waals surface area contributed by atoms with E-state index >= 15 is 0 Å². The number of methoxy groups -OCH3 is 1. The van der Waals surface area contributed by atoms with Crippen molar-refractivity contribution in [1.29, 1.82) is 0 Å². The Morgan fingerprint density at radius 2 is 1.88 bits per heavy atom. The van der Waals surface area contributed by atoms with Crippen molar-refractivity contribution in [3.05, 3.63) is 62.1 Å². The van der Waals surface area contributed by atoms with Gasteiger partial charge in [-0.2, -0.15) is 0 Å². The zero-order valence-corrected chi connectivity index (χ0v) is 20.0. The van der Waals surface area contributed by atoms with Crippen molar-refractivity contribution >= 4 is 22.5 Å². The quantitative estimate of drug-likeness (QED) is 0.560. The molecule has 0 spiro atoms. The summed E-state index contributed by atoms with van der Waals surface area (Å²) in [7, 11) is 3.15. The van der Waals surface area contributed by atoms with Gasteiger partial charge < -0.3 is 19.9 Å². The van der Waals surface area contributed by atoms with Crippen LogP contribution < -0.4 is 26.2 Å². The Labute approximate surface area is 197 Å². The maximum atomic E-state index is 12.7. The number of aromatic amines is 1. The van der Waals surface area contributed by atoms with E-state index in [-0.39, 0.29) is 11.5 Å². The molecule has 1 aliphatic rings. The van der Waals surface area contributed by atoms with Crippen LogP contribution >= 0.6 is 0 Å². The SMILES string of the molecule is CCn1c(=O)[nH]c2c(OC)c(CN3CCN(c4ccc(C(=O)NC)nc4C)CC3)ccc2c1=O. The van der Waals surface area contributed by atoms with Gasteiger partial charge in [-0.25, -0.2) is 9.78 Å². The van der Waals surface area contributed by atoms with Crippen molar-refractivity contribution in [2.24, 2.45) is 0 Å². The van der Waals surface area contributed by atoms with Crippen LogP contribution in [-0.4, -0.2) is 65.7 Å². The number of rotatable bonds is 6. The van der Waals surface area contributed by atoms with Gasteiger partial charge in [0.25, 0.3) is 11.5 Å². The number of pyridine rings is 1. The number of nitrogens with one attached hydrogen (secondary N) is 2. The van der Waals surface area contributed by atoms with Crippen LogP contribution in [0.5, 0.6) is 5.75 Å². The van der Waals surface area contributed by atoms with Crippen molar-refractivity contribution in [3.8, 4) is 5.75 Å². The molecule has 180 valence electrons. The van der Waals surface area contributed by atoms with E-state index in [4.69, 9.17) is 4.74 Å². The van der Waals surface area contributed by atoms with Crippen molar-refractivity contribution in [2.45, 2.75) is 26.9 Å². The Balaban J connectivity index is 1.51. The van der Waals surface area contributed by atoms with Crippen LogP contribution in [0.25, 0.3) is 10.9 Å². The summed E-state index contributed by atoms with van der Waals surface area (Å²) >= 11 is 0. The molecule has 4 rings (SSSR count). The van der Waals surface area contributed by atoms with E-state index in [0.717, 1.165) is 43.1 Å². The van der Waals surface area contributed by atoms with Crippen LogP contribution in [0.2, 0.25) is 0 Å². The van der Waals surface area contributed by atoms with Gasteiger partial charge in [-0.3, -0.25) is 19.1 Å². The summed E-state index contributed by atoms with van der Waals surface area (Å²) in [5.41, 5.74) is 2.88. The molecule has 1 amide bonds. The lowest BCUT2D eigenvalue weighted by atomic mass is 10.1. The molecule has 10 nitrogen and oxygen atoms in total. The second-order valence-corrected chi connectivity index (χ2v) is 8.30. The van der Waals surface area contributed by atoms with Crippen LogP contribution in [0, 0.1) is 6.92 Å². The Kier molecular flexibility index (Phi) is 6.69. The molecule has 1 aromatic carbocycles. The van der Waals surface area contributed by atoms with E-state index < -0.39 is 5.69 Å². The molecular weight excluding hydrogens is 436 g/mol. The van der Waals surface area contributed by atoms with E-state index in [1.807, 2.05) is 19.1 Å². The maximum absolute atomic E-state index is 12.7. The molecule has 34 heavy (non-hydrogen) atoms. The van der Waals surface area contributed by atoms with Crippen molar-refractivity contribution in [1.82, 2.24) is 24.8 Å². The normalized spacial score (nSPS) is 14.4. The van der Waals surface area contributed by atoms with E-state index in [1.54, 1.807) is 33.2 Å². The molecule has 10 heteroatoms. The second kappa shape index (κ2) is 9.68. The minimum atomic E-state index is -0.435. The topological polar surface area (TPSA) is 113 Å². The molecule has 3 heterocycles. The van der Waals surface area contributed by atoms with Gasteiger partial charge in [0.15, 0.2) is 0 Å². The van der Waals surface area contributed by atoms with Crippen LogP contribution in [0.15, 0.2) is 33.9 Å². The molecule has 1 aliphatic heterocycles. The number of nitrogens with zero attached hydrogens (tertiary/aromatic N) is 4. The van der Waals surface area contributed by atoms with Gasteiger partial charge in [-0.15, -0.1) is 0 Å². The van der Waals surface area contributed by atoms with Gasteiger partial charge in [0.05, 0.1) is 29.4 Å². The number of amides is 1. The number of anilines is 1. The summed E-state index contributed by atoms with van der Waals surface area (Å²) in [6.45, 7) is 7.91. The third kappa shape index (κ3) is 4.28. The number of hydrogen-bond acceptors (Lipinski definition) is 7. The fourth-order valence-corrected chi connectivity index (χ4v) is 4.52. The molecular formula is C24H30N6O4. The molecule has 0 radical (unpaired) electrons. The molecule has 2 N–H and O–H groups in total. The first-order chi connectivity index (χ1) is 16.4. The van der Waals surface area contributed by atoms with Crippen LogP contribution in [0.1, 0.15) is 28.7 Å². The lowest BCUT2D eigenvalue weighted by molar-refractivity contribution is 0.0958. The molecule has 0 atom stereocenters. The molecule has 1 saturated heterocycles. The van der Waals surface area contributed by atoms with Crippen LogP contribution in [0.4, 0.5) is 5.69 Å². The average molecular weight is 467 g/mol. The third-order valence-electron chi connectivity index (χ3n) is 6.34. The number of ether oxygens (including phenoxy) is 1. The van der Waals surface area contributed by atoms with Gasteiger partial charge in [0, 0.05) is 51.9 Å². The first kappa shape index (κ1) is 23.5. The average Bonchev–Trinajstić information content (AvgIpc) is 2.84. The molecule has 0 aliphatic carbocycles. The highest BCUT2D eigenvalue weighted by atomic mass is 16.5. The van der Waals surface area contributed by atoms with Crippen molar-refractivity contribution in [3.63, 3.8) is 0 Å². The number of hydrogen-bond donors (Lipinski definition) is 2. The summed E-state index contributed by atoms with van der Waals surface area (Å²) in [6, 6.07) is 7.37. The van der Waals surface area contributed by atoms with Crippen molar-refractivity contribution in [2.75, 3.05) is 45.2 Å². The number of carbonyl (C=O) groups excluding carboxylic acids is 1. The Hall–Kier alpha value is -3.66. The molecule has 0 unspecified atom stereocenters. The number of aryl methyl sites for hydroxylation is 1. The summed E-state index contributed by atoms with van der Waals surface area (Å²) < 4.78 is 6.81. The summed E-state index contributed by atoms with van der Waals surface area (Å²) in [4.78, 5) is 48.7. The summed E-state index contributed by atoms with van der Waals surface area (Å²) in [6.07, 6.45) is 0. The minimum absolute atomic E-state index is 0.196. The Morgan fingerprint density at radius 3 is 2.50 bits per heavy atom. The fraction of sp³-hybridized carbons (Fsp3) is 0.417. The lowest BCUT2D eigenvalue weighted by Crippen LogP contribution is -2.46. The van der Waals surface area contributed by atoms with E-state index in [1.165, 1.54) is 4.57 Å². The molecule has 0 saturated carbocycles. The predicted molar refractivity (Wildman–Crippen MR) is 131 cm³/mol. The summed E-state index contributed by atoms with van der Waals surface area (Å²) in [5.74, 6) is 0.334. The number of benzene rings is 1. The minimum Gasteiger partial charge on any atom is -0.494 e. The van der Waals surface area contributed by atoms with Gasteiger partial charge in [-0.05, 0) is 32.0 Å². The Bertz CT molecular complexity index is 1340. The summed E-state index contributed by atoms with van der Waals surface area (Å²) in [5, 5.41) is 3.04. The smallest absolute Gasteiger partial charge is 0.328 e. The Morgan fingerprint density at radius 1 is 1.15 bits per heavy atom. The first-order valence-corrected chi connectivity index (χ1v) is 11.4. The van der Waals surface area contributed by atoms with E-state index in [9.17, 15) is 14.4 Å². The van der Waals surface area contributed by atoms with Crippen molar-refractivity contribution < 1.29 is 9.53 Å². The second-order valence-electron chi connectivity index (χ2n) is 8.30. The highest BCUT2D eigenvalue weighted by Gasteiger charge is 2.22. The number of carbonyl (C=O) groups is 1. The predicted octanol–water partition coefficient (Wildman–Crippen LogP) is 1.10. The van der Waals surface area contributed by atoms with Crippen LogP contribution in [-0.2, 0) is 13.1 Å². The molecule has 0 bridgehead atoms. The van der Waals surface area contributed by atoms with Crippen LogP contribution in [0.3, 0.4) is 0 Å². The van der Waals surface area contributed by atoms with E-state index in [0.29, 0.717) is 35.4 Å².